The molecule has 0 saturated carbocycles. The lowest BCUT2D eigenvalue weighted by Crippen LogP contribution is -2.16. The van der Waals surface area contributed by atoms with Gasteiger partial charge in [0.2, 0.25) is 15.9 Å². The number of amides is 1. The lowest BCUT2D eigenvalue weighted by Gasteiger charge is -2.10. The summed E-state index contributed by atoms with van der Waals surface area (Å²) in [6, 6.07) is 4.37. The molecule has 8 heteroatoms. The second-order valence-electron chi connectivity index (χ2n) is 4.62. The van der Waals surface area contributed by atoms with Crippen molar-refractivity contribution in [2.45, 2.75) is 24.8 Å². The fourth-order valence-corrected chi connectivity index (χ4v) is 2.31. The minimum atomic E-state index is -3.79. The van der Waals surface area contributed by atoms with Gasteiger partial charge < -0.3 is 9.88 Å². The van der Waals surface area contributed by atoms with E-state index < -0.39 is 10.0 Å². The molecule has 1 heterocycles. The summed E-state index contributed by atoms with van der Waals surface area (Å²) in [4.78, 5) is 15.8. The Labute approximate surface area is 122 Å². The number of aromatic nitrogens is 2. The molecule has 0 unspecified atom stereocenters. The third-order valence-electron chi connectivity index (χ3n) is 2.97. The second-order valence-corrected chi connectivity index (χ2v) is 6.18. The SMILES string of the molecule is Cc1ccc(S(N)(=O)=O)cc1NC(=O)CCn1ccnc1. The molecular formula is C13H16N4O3S. The Balaban J connectivity index is 2.06. The van der Waals surface area contributed by atoms with Crippen LogP contribution in [0.5, 0.6) is 0 Å². The number of carbonyl (C=O) groups excluding carboxylic acids is 1. The molecule has 0 fully saturated rings. The number of anilines is 1. The number of sulfonamides is 1. The standard InChI is InChI=1S/C13H16N4O3S/c1-10-2-3-11(21(14,19)20)8-12(10)16-13(18)4-6-17-7-5-15-9-17/h2-3,5,7-9H,4,6H2,1H3,(H,16,18)(H2,14,19,20). The van der Waals surface area contributed by atoms with Crippen LogP contribution in [-0.2, 0) is 21.4 Å². The van der Waals surface area contributed by atoms with E-state index in [4.69, 9.17) is 5.14 Å². The number of nitrogens with two attached hydrogens (primary N) is 1. The van der Waals surface area contributed by atoms with Gasteiger partial charge in [0.05, 0.1) is 11.2 Å². The highest BCUT2D eigenvalue weighted by molar-refractivity contribution is 7.89. The number of nitrogens with zero attached hydrogens (tertiary/aromatic N) is 2. The minimum Gasteiger partial charge on any atom is -0.337 e. The molecule has 0 aliphatic carbocycles. The van der Waals surface area contributed by atoms with E-state index in [0.29, 0.717) is 12.2 Å². The van der Waals surface area contributed by atoms with Crippen LogP contribution in [0.15, 0.2) is 41.8 Å². The number of hydrogen-bond donors (Lipinski definition) is 2. The van der Waals surface area contributed by atoms with Gasteiger partial charge in [-0.15, -0.1) is 0 Å². The summed E-state index contributed by atoms with van der Waals surface area (Å²) in [7, 11) is -3.79. The molecule has 1 aromatic carbocycles. The smallest absolute Gasteiger partial charge is 0.238 e. The molecule has 2 rings (SSSR count). The maximum atomic E-state index is 11.9. The number of imidazole rings is 1. The van der Waals surface area contributed by atoms with E-state index in [1.165, 1.54) is 12.1 Å². The van der Waals surface area contributed by atoms with Gasteiger partial charge in [0, 0.05) is 31.0 Å². The van der Waals surface area contributed by atoms with Gasteiger partial charge in [0.1, 0.15) is 0 Å². The van der Waals surface area contributed by atoms with Crippen molar-refractivity contribution >= 4 is 21.6 Å². The molecule has 7 nitrogen and oxygen atoms in total. The molecule has 112 valence electrons. The lowest BCUT2D eigenvalue weighted by atomic mass is 10.2. The Bertz CT molecular complexity index is 739. The van der Waals surface area contributed by atoms with Crippen LogP contribution in [0, 0.1) is 6.92 Å². The number of carbonyl (C=O) groups is 1. The fourth-order valence-electron chi connectivity index (χ4n) is 1.78. The van der Waals surface area contributed by atoms with Crippen LogP contribution < -0.4 is 10.5 Å². The summed E-state index contributed by atoms with van der Waals surface area (Å²) in [6.45, 7) is 2.28. The van der Waals surface area contributed by atoms with Gasteiger partial charge in [-0.1, -0.05) is 6.07 Å². The van der Waals surface area contributed by atoms with E-state index in [9.17, 15) is 13.2 Å². The van der Waals surface area contributed by atoms with E-state index in [1.54, 1.807) is 36.3 Å². The molecule has 1 amide bonds. The summed E-state index contributed by atoms with van der Waals surface area (Å²) < 4.78 is 24.4. The first-order valence-electron chi connectivity index (χ1n) is 6.25. The Hall–Kier alpha value is -2.19. The maximum absolute atomic E-state index is 11.9. The van der Waals surface area contributed by atoms with E-state index in [-0.39, 0.29) is 17.2 Å². The average molecular weight is 308 g/mol. The van der Waals surface area contributed by atoms with Gasteiger partial charge in [-0.25, -0.2) is 18.5 Å². The molecule has 3 N–H and O–H groups in total. The van der Waals surface area contributed by atoms with Gasteiger partial charge in [0.15, 0.2) is 0 Å². The minimum absolute atomic E-state index is 0.0296. The largest absolute Gasteiger partial charge is 0.337 e. The molecule has 0 radical (unpaired) electrons. The van der Waals surface area contributed by atoms with Crippen LogP contribution in [0.2, 0.25) is 0 Å². The molecular weight excluding hydrogens is 292 g/mol. The zero-order valence-corrected chi connectivity index (χ0v) is 12.3. The second kappa shape index (κ2) is 6.06. The van der Waals surface area contributed by atoms with Gasteiger partial charge in [-0.3, -0.25) is 4.79 Å². The summed E-state index contributed by atoms with van der Waals surface area (Å²) >= 11 is 0. The Morgan fingerprint density at radius 2 is 2.19 bits per heavy atom. The molecule has 0 saturated heterocycles. The van der Waals surface area contributed by atoms with E-state index in [2.05, 4.69) is 10.3 Å². The first-order valence-corrected chi connectivity index (χ1v) is 7.80. The Kier molecular flexibility index (Phi) is 4.39. The summed E-state index contributed by atoms with van der Waals surface area (Å²) in [6.07, 6.45) is 5.29. The van der Waals surface area contributed by atoms with Crippen LogP contribution in [0.3, 0.4) is 0 Å². The third kappa shape index (κ3) is 4.14. The van der Waals surface area contributed by atoms with Gasteiger partial charge >= 0.3 is 0 Å². The highest BCUT2D eigenvalue weighted by Gasteiger charge is 2.11. The van der Waals surface area contributed by atoms with Crippen LogP contribution >= 0.6 is 0 Å². The van der Waals surface area contributed by atoms with Gasteiger partial charge in [-0.05, 0) is 24.6 Å². The summed E-state index contributed by atoms with van der Waals surface area (Å²) in [5.41, 5.74) is 1.20. The molecule has 21 heavy (non-hydrogen) atoms. The number of aryl methyl sites for hydroxylation is 2. The zero-order chi connectivity index (χ0) is 15.5. The number of nitrogens with one attached hydrogen (secondary N) is 1. The molecule has 0 aliphatic heterocycles. The van der Waals surface area contributed by atoms with E-state index in [1.807, 2.05) is 0 Å². The normalized spacial score (nSPS) is 11.3. The quantitative estimate of drug-likeness (QED) is 0.854. The molecule has 0 atom stereocenters. The fraction of sp³-hybridized carbons (Fsp3) is 0.231. The van der Waals surface area contributed by atoms with Crippen molar-refractivity contribution in [3.8, 4) is 0 Å². The van der Waals surface area contributed by atoms with Crippen molar-refractivity contribution in [1.29, 1.82) is 0 Å². The molecule has 0 aliphatic rings. The van der Waals surface area contributed by atoms with E-state index >= 15 is 0 Å². The predicted molar refractivity (Wildman–Crippen MR) is 78.0 cm³/mol. The van der Waals surface area contributed by atoms with E-state index in [0.717, 1.165) is 5.56 Å². The van der Waals surface area contributed by atoms with Crippen LogP contribution in [0.1, 0.15) is 12.0 Å². The monoisotopic (exact) mass is 308 g/mol. The van der Waals surface area contributed by atoms with Crippen LogP contribution in [0.25, 0.3) is 0 Å². The number of primary sulfonamides is 1. The first kappa shape index (κ1) is 15.2. The van der Waals surface area contributed by atoms with Crippen molar-refractivity contribution in [2.24, 2.45) is 5.14 Å². The van der Waals surface area contributed by atoms with Crippen LogP contribution in [0.4, 0.5) is 5.69 Å². The van der Waals surface area contributed by atoms with Crippen molar-refractivity contribution in [1.82, 2.24) is 9.55 Å². The van der Waals surface area contributed by atoms with Gasteiger partial charge in [-0.2, -0.15) is 0 Å². The summed E-state index contributed by atoms with van der Waals surface area (Å²) in [5, 5.41) is 7.77. The number of hydrogen-bond acceptors (Lipinski definition) is 4. The third-order valence-corrected chi connectivity index (χ3v) is 3.88. The first-order chi connectivity index (χ1) is 9.86. The van der Waals surface area contributed by atoms with Crippen molar-refractivity contribution < 1.29 is 13.2 Å². The zero-order valence-electron chi connectivity index (χ0n) is 11.5. The Morgan fingerprint density at radius 1 is 1.43 bits per heavy atom. The molecule has 0 bridgehead atoms. The van der Waals surface area contributed by atoms with Crippen molar-refractivity contribution in [3.05, 3.63) is 42.5 Å². The topological polar surface area (TPSA) is 107 Å². The number of benzene rings is 1. The maximum Gasteiger partial charge on any atom is 0.238 e. The van der Waals surface area contributed by atoms with Crippen LogP contribution in [-0.4, -0.2) is 23.9 Å². The number of rotatable bonds is 5. The van der Waals surface area contributed by atoms with Gasteiger partial charge in [0.25, 0.3) is 0 Å². The van der Waals surface area contributed by atoms with Crippen molar-refractivity contribution in [2.75, 3.05) is 5.32 Å². The summed E-state index contributed by atoms with van der Waals surface area (Å²) in [5.74, 6) is -0.210. The van der Waals surface area contributed by atoms with Crippen molar-refractivity contribution in [3.63, 3.8) is 0 Å². The predicted octanol–water partition coefficient (Wildman–Crippen LogP) is 0.868. The average Bonchev–Trinajstić information content (AvgIpc) is 2.91. The highest BCUT2D eigenvalue weighted by atomic mass is 32.2. The molecule has 0 spiro atoms. The molecule has 1 aromatic heterocycles. The molecule has 2 aromatic rings. The highest BCUT2D eigenvalue weighted by Crippen LogP contribution is 2.19. The Morgan fingerprint density at radius 3 is 2.81 bits per heavy atom. The lowest BCUT2D eigenvalue weighted by molar-refractivity contribution is -0.116.